The van der Waals surface area contributed by atoms with Gasteiger partial charge in [0.2, 0.25) is 5.91 Å². The molecule has 0 aliphatic rings. The van der Waals surface area contributed by atoms with E-state index in [1.807, 2.05) is 38.2 Å². The SMILES string of the molecule is COCC(C)CC(=O)N(C)Cc1ccccc1CN. The van der Waals surface area contributed by atoms with E-state index in [0.29, 0.717) is 26.1 Å². The van der Waals surface area contributed by atoms with Gasteiger partial charge in [-0.3, -0.25) is 4.79 Å². The van der Waals surface area contributed by atoms with Crippen LogP contribution in [0.25, 0.3) is 0 Å². The van der Waals surface area contributed by atoms with Crippen molar-refractivity contribution in [2.45, 2.75) is 26.4 Å². The highest BCUT2D eigenvalue weighted by Crippen LogP contribution is 2.12. The maximum absolute atomic E-state index is 12.1. The van der Waals surface area contributed by atoms with Gasteiger partial charge in [0.15, 0.2) is 0 Å². The molecule has 4 heteroatoms. The Morgan fingerprint density at radius 1 is 1.37 bits per heavy atom. The maximum Gasteiger partial charge on any atom is 0.222 e. The topological polar surface area (TPSA) is 55.6 Å². The second-order valence-corrected chi connectivity index (χ2v) is 4.99. The van der Waals surface area contributed by atoms with E-state index in [-0.39, 0.29) is 11.8 Å². The Labute approximate surface area is 115 Å². The Morgan fingerprint density at radius 2 is 2.00 bits per heavy atom. The van der Waals surface area contributed by atoms with Crippen molar-refractivity contribution in [3.05, 3.63) is 35.4 Å². The molecule has 1 rings (SSSR count). The summed E-state index contributed by atoms with van der Waals surface area (Å²) in [5.41, 5.74) is 7.90. The average Bonchev–Trinajstić information content (AvgIpc) is 2.39. The minimum absolute atomic E-state index is 0.136. The molecule has 0 bridgehead atoms. The molecule has 0 aromatic heterocycles. The number of benzene rings is 1. The van der Waals surface area contributed by atoms with Gasteiger partial charge in [0.25, 0.3) is 0 Å². The van der Waals surface area contributed by atoms with Gasteiger partial charge in [-0.2, -0.15) is 0 Å². The Kier molecular flexibility index (Phi) is 6.53. The third kappa shape index (κ3) is 5.01. The van der Waals surface area contributed by atoms with Crippen LogP contribution in [0.1, 0.15) is 24.5 Å². The minimum atomic E-state index is 0.136. The first kappa shape index (κ1) is 15.7. The molecule has 1 aromatic rings. The molecule has 0 spiro atoms. The molecule has 106 valence electrons. The first-order valence-electron chi connectivity index (χ1n) is 6.58. The molecule has 0 fully saturated rings. The van der Waals surface area contributed by atoms with Crippen molar-refractivity contribution < 1.29 is 9.53 Å². The van der Waals surface area contributed by atoms with Crippen LogP contribution in [0.5, 0.6) is 0 Å². The standard InChI is InChI=1S/C15H24N2O2/c1-12(11-19-3)8-15(18)17(2)10-14-7-5-4-6-13(14)9-16/h4-7,12H,8-11,16H2,1-3H3. The predicted octanol–water partition coefficient (Wildman–Crippen LogP) is 1.78. The summed E-state index contributed by atoms with van der Waals surface area (Å²) < 4.78 is 5.05. The van der Waals surface area contributed by atoms with Crippen LogP contribution in [-0.2, 0) is 22.6 Å². The normalized spacial score (nSPS) is 12.2. The van der Waals surface area contributed by atoms with Crippen LogP contribution in [0.2, 0.25) is 0 Å². The van der Waals surface area contributed by atoms with Crippen molar-refractivity contribution in [2.24, 2.45) is 11.7 Å². The summed E-state index contributed by atoms with van der Waals surface area (Å²) in [6, 6.07) is 7.96. The van der Waals surface area contributed by atoms with Crippen LogP contribution in [-0.4, -0.2) is 31.6 Å². The number of hydrogen-bond acceptors (Lipinski definition) is 3. The zero-order chi connectivity index (χ0) is 14.3. The molecule has 1 unspecified atom stereocenters. The van der Waals surface area contributed by atoms with Crippen molar-refractivity contribution in [1.82, 2.24) is 4.90 Å². The van der Waals surface area contributed by atoms with Crippen LogP contribution in [0.4, 0.5) is 0 Å². The molecule has 4 nitrogen and oxygen atoms in total. The molecule has 1 atom stereocenters. The molecule has 0 heterocycles. The number of amides is 1. The highest BCUT2D eigenvalue weighted by atomic mass is 16.5. The molecule has 1 amide bonds. The summed E-state index contributed by atoms with van der Waals surface area (Å²) in [5.74, 6) is 0.376. The second kappa shape index (κ2) is 7.92. The number of ether oxygens (including phenoxy) is 1. The van der Waals surface area contributed by atoms with Crippen molar-refractivity contribution in [3.8, 4) is 0 Å². The van der Waals surface area contributed by atoms with Gasteiger partial charge in [-0.05, 0) is 17.0 Å². The minimum Gasteiger partial charge on any atom is -0.384 e. The second-order valence-electron chi connectivity index (χ2n) is 4.99. The lowest BCUT2D eigenvalue weighted by molar-refractivity contribution is -0.131. The van der Waals surface area contributed by atoms with Gasteiger partial charge in [0.05, 0.1) is 0 Å². The molecule has 0 aliphatic carbocycles. The lowest BCUT2D eigenvalue weighted by atomic mass is 10.1. The third-order valence-electron chi connectivity index (χ3n) is 3.15. The van der Waals surface area contributed by atoms with E-state index in [1.165, 1.54) is 0 Å². The van der Waals surface area contributed by atoms with E-state index in [2.05, 4.69) is 0 Å². The summed E-state index contributed by atoms with van der Waals surface area (Å²) in [6.45, 7) is 3.73. The maximum atomic E-state index is 12.1. The van der Waals surface area contributed by atoms with E-state index in [9.17, 15) is 4.79 Å². The van der Waals surface area contributed by atoms with Crippen molar-refractivity contribution in [2.75, 3.05) is 20.8 Å². The largest absolute Gasteiger partial charge is 0.384 e. The summed E-state index contributed by atoms with van der Waals surface area (Å²) in [5, 5.41) is 0. The van der Waals surface area contributed by atoms with Gasteiger partial charge in [-0.15, -0.1) is 0 Å². The fourth-order valence-electron chi connectivity index (χ4n) is 2.05. The van der Waals surface area contributed by atoms with Crippen LogP contribution < -0.4 is 5.73 Å². The number of nitrogens with zero attached hydrogens (tertiary/aromatic N) is 1. The fourth-order valence-corrected chi connectivity index (χ4v) is 2.05. The number of rotatable bonds is 7. The average molecular weight is 264 g/mol. The van der Waals surface area contributed by atoms with Crippen molar-refractivity contribution >= 4 is 5.91 Å². The van der Waals surface area contributed by atoms with Crippen molar-refractivity contribution in [3.63, 3.8) is 0 Å². The fraction of sp³-hybridized carbons (Fsp3) is 0.533. The van der Waals surface area contributed by atoms with Crippen LogP contribution in [0, 0.1) is 5.92 Å². The van der Waals surface area contributed by atoms with Crippen LogP contribution >= 0.6 is 0 Å². The van der Waals surface area contributed by atoms with E-state index in [4.69, 9.17) is 10.5 Å². The Bertz CT molecular complexity index is 407. The summed E-state index contributed by atoms with van der Waals surface area (Å²) in [7, 11) is 3.48. The monoisotopic (exact) mass is 264 g/mol. The number of methoxy groups -OCH3 is 1. The Hall–Kier alpha value is -1.39. The predicted molar refractivity (Wildman–Crippen MR) is 76.5 cm³/mol. The van der Waals surface area contributed by atoms with Gasteiger partial charge in [-0.1, -0.05) is 31.2 Å². The van der Waals surface area contributed by atoms with Gasteiger partial charge in [0.1, 0.15) is 0 Å². The Morgan fingerprint density at radius 3 is 2.58 bits per heavy atom. The Balaban J connectivity index is 2.58. The van der Waals surface area contributed by atoms with Gasteiger partial charge in [-0.25, -0.2) is 0 Å². The zero-order valence-electron chi connectivity index (χ0n) is 12.1. The highest BCUT2D eigenvalue weighted by molar-refractivity contribution is 5.76. The molecule has 0 saturated carbocycles. The zero-order valence-corrected chi connectivity index (χ0v) is 12.1. The number of carbonyl (C=O) groups excluding carboxylic acids is 1. The van der Waals surface area contributed by atoms with E-state index in [1.54, 1.807) is 12.0 Å². The van der Waals surface area contributed by atoms with Gasteiger partial charge in [0, 0.05) is 40.3 Å². The molecule has 0 radical (unpaired) electrons. The molecule has 1 aromatic carbocycles. The number of nitrogens with two attached hydrogens (primary N) is 1. The summed E-state index contributed by atoms with van der Waals surface area (Å²) >= 11 is 0. The molecule has 2 N–H and O–H groups in total. The molecular formula is C15H24N2O2. The smallest absolute Gasteiger partial charge is 0.222 e. The molecule has 0 aliphatic heterocycles. The summed E-state index contributed by atoms with van der Waals surface area (Å²) in [4.78, 5) is 13.8. The van der Waals surface area contributed by atoms with Crippen LogP contribution in [0.3, 0.4) is 0 Å². The van der Waals surface area contributed by atoms with Crippen LogP contribution in [0.15, 0.2) is 24.3 Å². The lowest BCUT2D eigenvalue weighted by Gasteiger charge is -2.20. The van der Waals surface area contributed by atoms with Crippen molar-refractivity contribution in [1.29, 1.82) is 0 Å². The van der Waals surface area contributed by atoms with Gasteiger partial charge >= 0.3 is 0 Å². The highest BCUT2D eigenvalue weighted by Gasteiger charge is 2.14. The molecular weight excluding hydrogens is 240 g/mol. The first-order valence-corrected chi connectivity index (χ1v) is 6.58. The lowest BCUT2D eigenvalue weighted by Crippen LogP contribution is -2.29. The first-order chi connectivity index (χ1) is 9.08. The number of hydrogen-bond donors (Lipinski definition) is 1. The third-order valence-corrected chi connectivity index (χ3v) is 3.15. The molecule has 19 heavy (non-hydrogen) atoms. The quantitative estimate of drug-likeness (QED) is 0.816. The van der Waals surface area contributed by atoms with E-state index >= 15 is 0 Å². The summed E-state index contributed by atoms with van der Waals surface area (Å²) in [6.07, 6.45) is 0.509. The van der Waals surface area contributed by atoms with E-state index in [0.717, 1.165) is 11.1 Å². The number of carbonyl (C=O) groups is 1. The molecule has 0 saturated heterocycles. The van der Waals surface area contributed by atoms with Gasteiger partial charge < -0.3 is 15.4 Å². The van der Waals surface area contributed by atoms with E-state index < -0.39 is 0 Å².